The van der Waals surface area contributed by atoms with E-state index in [1.165, 1.54) is 5.69 Å². The number of hydrogen-bond donors (Lipinski definition) is 0. The minimum Gasteiger partial charge on any atom is -0.459 e. The largest absolute Gasteiger partial charge is 0.459 e. The van der Waals surface area contributed by atoms with Crippen LogP contribution >= 0.6 is 0 Å². The normalized spacial score (nSPS) is 20.3. The molecule has 112 valence electrons. The van der Waals surface area contributed by atoms with Crippen molar-refractivity contribution in [3.05, 3.63) is 18.0 Å². The van der Waals surface area contributed by atoms with Crippen LogP contribution in [0.15, 0.2) is 12.3 Å². The molecule has 0 aliphatic carbocycles. The number of ether oxygens (including phenoxy) is 1. The Labute approximate surface area is 120 Å². The van der Waals surface area contributed by atoms with Crippen LogP contribution in [0.25, 0.3) is 0 Å². The first kappa shape index (κ1) is 15.0. The molecular formula is C15H25N3O2. The van der Waals surface area contributed by atoms with Crippen molar-refractivity contribution in [3.8, 4) is 0 Å². The summed E-state index contributed by atoms with van der Waals surface area (Å²) >= 11 is 0. The van der Waals surface area contributed by atoms with Crippen molar-refractivity contribution in [2.75, 3.05) is 13.1 Å². The van der Waals surface area contributed by atoms with Gasteiger partial charge in [0.25, 0.3) is 0 Å². The lowest BCUT2D eigenvalue weighted by Crippen LogP contribution is -2.41. The first-order chi connectivity index (χ1) is 9.37. The van der Waals surface area contributed by atoms with Gasteiger partial charge in [-0.2, -0.15) is 5.10 Å². The second-order valence-corrected chi connectivity index (χ2v) is 6.42. The summed E-state index contributed by atoms with van der Waals surface area (Å²) in [5.41, 5.74) is 0.785. The van der Waals surface area contributed by atoms with Gasteiger partial charge in [-0.25, -0.2) is 0 Å². The highest BCUT2D eigenvalue weighted by Crippen LogP contribution is 2.21. The van der Waals surface area contributed by atoms with E-state index in [0.717, 1.165) is 32.4 Å². The molecule has 0 bridgehead atoms. The van der Waals surface area contributed by atoms with Gasteiger partial charge in [0.05, 0.1) is 0 Å². The first-order valence-corrected chi connectivity index (χ1v) is 7.30. The van der Waals surface area contributed by atoms with E-state index in [4.69, 9.17) is 4.74 Å². The van der Waals surface area contributed by atoms with Crippen LogP contribution in [0.4, 0.5) is 0 Å². The summed E-state index contributed by atoms with van der Waals surface area (Å²) < 4.78 is 7.40. The first-order valence-electron chi connectivity index (χ1n) is 7.30. The van der Waals surface area contributed by atoms with Crippen molar-refractivity contribution in [1.82, 2.24) is 14.7 Å². The molecule has 1 aromatic heterocycles. The minimum absolute atomic E-state index is 0.0811. The van der Waals surface area contributed by atoms with E-state index in [0.29, 0.717) is 0 Å². The highest BCUT2D eigenvalue weighted by atomic mass is 16.6. The lowest BCUT2D eigenvalue weighted by Gasteiger charge is -2.27. The smallest absolute Gasteiger partial charge is 0.323 e. The molecule has 0 saturated carbocycles. The topological polar surface area (TPSA) is 47.4 Å². The number of esters is 1. The predicted octanol–water partition coefficient (Wildman–Crippen LogP) is 1.77. The molecule has 0 spiro atoms. The molecular weight excluding hydrogens is 254 g/mol. The highest BCUT2D eigenvalue weighted by Gasteiger charge is 2.33. The molecule has 0 amide bonds. The Morgan fingerprint density at radius 3 is 2.85 bits per heavy atom. The zero-order chi connectivity index (χ0) is 14.8. The van der Waals surface area contributed by atoms with Crippen molar-refractivity contribution in [2.24, 2.45) is 7.05 Å². The number of carbonyl (C=O) groups excluding carboxylic acids is 1. The van der Waals surface area contributed by atoms with E-state index in [1.807, 2.05) is 44.8 Å². The summed E-state index contributed by atoms with van der Waals surface area (Å²) in [5, 5.41) is 4.17. The second kappa shape index (κ2) is 5.95. The molecule has 5 heteroatoms. The van der Waals surface area contributed by atoms with Crippen LogP contribution in [-0.4, -0.2) is 45.4 Å². The van der Waals surface area contributed by atoms with Gasteiger partial charge in [0.15, 0.2) is 0 Å². The number of aromatic nitrogens is 2. The second-order valence-electron chi connectivity index (χ2n) is 6.42. The van der Waals surface area contributed by atoms with Gasteiger partial charge in [-0.15, -0.1) is 0 Å². The molecule has 0 unspecified atom stereocenters. The SMILES string of the molecule is Cn1nccc1CCN1CCC[C@@H]1C(=O)OC(C)(C)C. The Bertz CT molecular complexity index is 462. The molecule has 1 saturated heterocycles. The predicted molar refractivity (Wildman–Crippen MR) is 77.4 cm³/mol. The van der Waals surface area contributed by atoms with E-state index in [2.05, 4.69) is 10.00 Å². The van der Waals surface area contributed by atoms with Crippen LogP contribution in [0, 0.1) is 0 Å². The van der Waals surface area contributed by atoms with Gasteiger partial charge in [0.1, 0.15) is 11.6 Å². The third-order valence-electron chi connectivity index (χ3n) is 3.62. The van der Waals surface area contributed by atoms with Crippen molar-refractivity contribution < 1.29 is 9.53 Å². The Morgan fingerprint density at radius 2 is 2.25 bits per heavy atom. The number of nitrogens with zero attached hydrogens (tertiary/aromatic N) is 3. The van der Waals surface area contributed by atoms with Gasteiger partial charge < -0.3 is 4.74 Å². The molecule has 1 fully saturated rings. The van der Waals surface area contributed by atoms with Crippen molar-refractivity contribution >= 4 is 5.97 Å². The quantitative estimate of drug-likeness (QED) is 0.788. The number of aryl methyl sites for hydroxylation is 1. The maximum atomic E-state index is 12.2. The van der Waals surface area contributed by atoms with Crippen LogP contribution < -0.4 is 0 Å². The molecule has 0 N–H and O–H groups in total. The maximum absolute atomic E-state index is 12.2. The van der Waals surface area contributed by atoms with Crippen LogP contribution in [0.5, 0.6) is 0 Å². The van der Waals surface area contributed by atoms with Crippen molar-refractivity contribution in [2.45, 2.75) is 51.7 Å². The Morgan fingerprint density at radius 1 is 1.50 bits per heavy atom. The minimum atomic E-state index is -0.409. The molecule has 5 nitrogen and oxygen atoms in total. The van der Waals surface area contributed by atoms with E-state index in [1.54, 1.807) is 0 Å². The van der Waals surface area contributed by atoms with Gasteiger partial charge in [-0.1, -0.05) is 0 Å². The van der Waals surface area contributed by atoms with Crippen molar-refractivity contribution in [1.29, 1.82) is 0 Å². The Kier molecular flexibility index (Phi) is 4.48. The zero-order valence-electron chi connectivity index (χ0n) is 12.9. The van der Waals surface area contributed by atoms with Gasteiger partial charge in [-0.05, 0) is 46.2 Å². The van der Waals surface area contributed by atoms with Crippen LogP contribution in [0.1, 0.15) is 39.3 Å². The fourth-order valence-electron chi connectivity index (χ4n) is 2.64. The molecule has 1 atom stereocenters. The summed E-state index contributed by atoms with van der Waals surface area (Å²) in [5.74, 6) is -0.0833. The molecule has 0 aromatic carbocycles. The van der Waals surface area contributed by atoms with E-state index < -0.39 is 5.60 Å². The number of likely N-dealkylation sites (tertiary alicyclic amines) is 1. The molecule has 0 radical (unpaired) electrons. The molecule has 1 aliphatic heterocycles. The summed E-state index contributed by atoms with van der Waals surface area (Å²) in [6, 6.07) is 1.95. The monoisotopic (exact) mass is 279 g/mol. The fourth-order valence-corrected chi connectivity index (χ4v) is 2.64. The standard InChI is InChI=1S/C15H25N3O2/c1-15(2,3)20-14(19)13-6-5-10-18(13)11-8-12-7-9-16-17(12)4/h7,9,13H,5-6,8,10-11H2,1-4H3/t13-/m1/s1. The third-order valence-corrected chi connectivity index (χ3v) is 3.62. The van der Waals surface area contributed by atoms with E-state index in [-0.39, 0.29) is 12.0 Å². The molecule has 20 heavy (non-hydrogen) atoms. The Hall–Kier alpha value is -1.36. The number of rotatable bonds is 4. The summed E-state index contributed by atoms with van der Waals surface area (Å²) in [7, 11) is 1.95. The molecule has 1 aliphatic rings. The summed E-state index contributed by atoms with van der Waals surface area (Å²) in [6.07, 6.45) is 4.69. The van der Waals surface area contributed by atoms with Gasteiger partial charge in [0.2, 0.25) is 0 Å². The molecule has 2 heterocycles. The summed E-state index contributed by atoms with van der Waals surface area (Å²) in [4.78, 5) is 14.5. The third kappa shape index (κ3) is 3.82. The van der Waals surface area contributed by atoms with Gasteiger partial charge >= 0.3 is 5.97 Å². The maximum Gasteiger partial charge on any atom is 0.323 e. The van der Waals surface area contributed by atoms with Crippen LogP contribution in [0.2, 0.25) is 0 Å². The van der Waals surface area contributed by atoms with E-state index in [9.17, 15) is 4.79 Å². The van der Waals surface area contributed by atoms with Crippen molar-refractivity contribution in [3.63, 3.8) is 0 Å². The average molecular weight is 279 g/mol. The lowest BCUT2D eigenvalue weighted by atomic mass is 10.1. The van der Waals surface area contributed by atoms with Gasteiger partial charge in [0, 0.05) is 31.9 Å². The fraction of sp³-hybridized carbons (Fsp3) is 0.733. The number of hydrogen-bond acceptors (Lipinski definition) is 4. The zero-order valence-corrected chi connectivity index (χ0v) is 12.9. The Balaban J connectivity index is 1.91. The number of carbonyl (C=O) groups is 1. The average Bonchev–Trinajstić information content (AvgIpc) is 2.92. The lowest BCUT2D eigenvalue weighted by molar-refractivity contribution is -0.160. The van der Waals surface area contributed by atoms with Crippen LogP contribution in [-0.2, 0) is 23.0 Å². The highest BCUT2D eigenvalue weighted by molar-refractivity contribution is 5.76. The summed E-state index contributed by atoms with van der Waals surface area (Å²) in [6.45, 7) is 7.60. The van der Waals surface area contributed by atoms with Gasteiger partial charge in [-0.3, -0.25) is 14.4 Å². The van der Waals surface area contributed by atoms with E-state index >= 15 is 0 Å². The van der Waals surface area contributed by atoms with Crippen LogP contribution in [0.3, 0.4) is 0 Å². The molecule has 2 rings (SSSR count). The molecule has 1 aromatic rings.